The number of rotatable bonds is 4. The lowest BCUT2D eigenvalue weighted by Crippen LogP contribution is -2.19. The molecule has 1 fully saturated rings. The highest BCUT2D eigenvalue weighted by atomic mass is 16.5. The summed E-state index contributed by atoms with van der Waals surface area (Å²) < 4.78 is 10.4. The molecule has 0 unspecified atom stereocenters. The number of ether oxygens (including phenoxy) is 2. The summed E-state index contributed by atoms with van der Waals surface area (Å²) in [6, 6.07) is 0.613. The van der Waals surface area contributed by atoms with Crippen LogP contribution in [0.3, 0.4) is 0 Å². The van der Waals surface area contributed by atoms with Gasteiger partial charge in [0.25, 0.3) is 0 Å². The average molecular weight is 159 g/mol. The van der Waals surface area contributed by atoms with Crippen molar-refractivity contribution in [1.29, 1.82) is 0 Å². The van der Waals surface area contributed by atoms with Crippen LogP contribution in [0.25, 0.3) is 0 Å². The minimum absolute atomic E-state index is 0.403. The molecule has 1 aliphatic heterocycles. The predicted octanol–water partition coefficient (Wildman–Crippen LogP) is 0.400. The topological polar surface area (TPSA) is 30.5 Å². The van der Waals surface area contributed by atoms with Gasteiger partial charge in [-0.2, -0.15) is 0 Å². The van der Waals surface area contributed by atoms with Gasteiger partial charge in [0.05, 0.1) is 19.3 Å². The van der Waals surface area contributed by atoms with Crippen molar-refractivity contribution in [2.75, 3.05) is 26.9 Å². The van der Waals surface area contributed by atoms with Crippen molar-refractivity contribution in [1.82, 2.24) is 5.32 Å². The smallest absolute Gasteiger partial charge is 0.0715 e. The predicted molar refractivity (Wildman–Crippen MR) is 43.7 cm³/mol. The molecule has 0 radical (unpaired) electrons. The molecular weight excluding hydrogens is 142 g/mol. The van der Waals surface area contributed by atoms with Gasteiger partial charge >= 0.3 is 0 Å². The van der Waals surface area contributed by atoms with Crippen molar-refractivity contribution < 1.29 is 9.47 Å². The lowest BCUT2D eigenvalue weighted by molar-refractivity contribution is 0.0263. The van der Waals surface area contributed by atoms with Gasteiger partial charge in [0.15, 0.2) is 0 Å². The zero-order valence-corrected chi connectivity index (χ0v) is 7.30. The Labute approximate surface area is 68.1 Å². The first-order chi connectivity index (χ1) is 5.33. The molecule has 1 N–H and O–H groups in total. The van der Waals surface area contributed by atoms with E-state index in [-0.39, 0.29) is 0 Å². The van der Waals surface area contributed by atoms with Crippen LogP contribution in [0.5, 0.6) is 0 Å². The summed E-state index contributed by atoms with van der Waals surface area (Å²) >= 11 is 0. The molecule has 0 spiro atoms. The van der Waals surface area contributed by atoms with Crippen LogP contribution >= 0.6 is 0 Å². The minimum atomic E-state index is 0.403. The Hall–Kier alpha value is -0.120. The third-order valence-electron chi connectivity index (χ3n) is 1.95. The maximum Gasteiger partial charge on any atom is 0.0715 e. The number of hydrogen-bond donors (Lipinski definition) is 1. The zero-order valence-electron chi connectivity index (χ0n) is 7.30. The Morgan fingerprint density at radius 1 is 1.45 bits per heavy atom. The van der Waals surface area contributed by atoms with Crippen LogP contribution in [-0.2, 0) is 9.47 Å². The lowest BCUT2D eigenvalue weighted by atomic mass is 10.2. The van der Waals surface area contributed by atoms with Crippen LogP contribution in [0.2, 0.25) is 0 Å². The second kappa shape index (κ2) is 4.70. The normalized spacial score (nSPS) is 31.1. The highest BCUT2D eigenvalue weighted by molar-refractivity contribution is 4.78. The first kappa shape index (κ1) is 8.97. The Morgan fingerprint density at radius 2 is 2.27 bits per heavy atom. The molecule has 1 aliphatic rings. The minimum Gasteiger partial charge on any atom is -0.382 e. The molecular formula is C8H17NO2. The summed E-state index contributed by atoms with van der Waals surface area (Å²) in [5, 5.41) is 3.33. The molecule has 11 heavy (non-hydrogen) atoms. The van der Waals surface area contributed by atoms with Crippen LogP contribution < -0.4 is 5.32 Å². The highest BCUT2D eigenvalue weighted by Crippen LogP contribution is 2.08. The Kier molecular flexibility index (Phi) is 3.83. The van der Waals surface area contributed by atoms with Crippen molar-refractivity contribution in [2.45, 2.75) is 25.5 Å². The van der Waals surface area contributed by atoms with Crippen LogP contribution in [0.4, 0.5) is 0 Å². The second-order valence-electron chi connectivity index (χ2n) is 3.03. The SMILES string of the molecule is COCCO[C@@H]1CN[C@@H](C)C1. The average Bonchev–Trinajstić information content (AvgIpc) is 2.37. The summed E-state index contributed by atoms with van der Waals surface area (Å²) in [5.41, 5.74) is 0. The first-order valence-electron chi connectivity index (χ1n) is 4.17. The van der Waals surface area contributed by atoms with E-state index in [1.165, 1.54) is 0 Å². The van der Waals surface area contributed by atoms with Crippen LogP contribution in [0, 0.1) is 0 Å². The van der Waals surface area contributed by atoms with Crippen LogP contribution in [0.1, 0.15) is 13.3 Å². The van der Waals surface area contributed by atoms with E-state index in [1.807, 2.05) is 0 Å². The van der Waals surface area contributed by atoms with Crippen molar-refractivity contribution in [2.24, 2.45) is 0 Å². The summed E-state index contributed by atoms with van der Waals surface area (Å²) in [6.07, 6.45) is 1.53. The fourth-order valence-electron chi connectivity index (χ4n) is 1.32. The van der Waals surface area contributed by atoms with E-state index < -0.39 is 0 Å². The quantitative estimate of drug-likeness (QED) is 0.602. The third kappa shape index (κ3) is 3.18. The van der Waals surface area contributed by atoms with Gasteiger partial charge < -0.3 is 14.8 Å². The summed E-state index contributed by atoms with van der Waals surface area (Å²) in [5.74, 6) is 0. The van der Waals surface area contributed by atoms with Crippen LogP contribution in [-0.4, -0.2) is 39.0 Å². The van der Waals surface area contributed by atoms with Gasteiger partial charge in [-0.1, -0.05) is 0 Å². The highest BCUT2D eigenvalue weighted by Gasteiger charge is 2.20. The number of hydrogen-bond acceptors (Lipinski definition) is 3. The third-order valence-corrected chi connectivity index (χ3v) is 1.95. The molecule has 3 heteroatoms. The molecule has 0 amide bonds. The molecule has 1 saturated heterocycles. The Morgan fingerprint density at radius 3 is 2.82 bits per heavy atom. The molecule has 0 aliphatic carbocycles. The molecule has 0 aromatic heterocycles. The molecule has 0 aromatic rings. The van der Waals surface area contributed by atoms with E-state index in [0.29, 0.717) is 18.8 Å². The Bertz CT molecular complexity index is 108. The van der Waals surface area contributed by atoms with Gasteiger partial charge in [0, 0.05) is 19.7 Å². The van der Waals surface area contributed by atoms with Gasteiger partial charge in [-0.3, -0.25) is 0 Å². The standard InChI is InChI=1S/C8H17NO2/c1-7-5-8(6-9-7)11-4-3-10-2/h7-9H,3-6H2,1-2H3/t7-,8-/m0/s1. The second-order valence-corrected chi connectivity index (χ2v) is 3.03. The van der Waals surface area contributed by atoms with Gasteiger partial charge in [-0.25, -0.2) is 0 Å². The van der Waals surface area contributed by atoms with E-state index in [9.17, 15) is 0 Å². The summed E-state index contributed by atoms with van der Waals surface area (Å²) in [7, 11) is 1.69. The monoisotopic (exact) mass is 159 g/mol. The maximum absolute atomic E-state index is 5.53. The van der Waals surface area contributed by atoms with Crippen molar-refractivity contribution >= 4 is 0 Å². The van der Waals surface area contributed by atoms with E-state index in [2.05, 4.69) is 12.2 Å². The van der Waals surface area contributed by atoms with Gasteiger partial charge in [-0.05, 0) is 13.3 Å². The fraction of sp³-hybridized carbons (Fsp3) is 1.00. The number of nitrogens with one attached hydrogen (secondary N) is 1. The Balaban J connectivity index is 1.99. The lowest BCUT2D eigenvalue weighted by Gasteiger charge is -2.09. The van der Waals surface area contributed by atoms with E-state index in [1.54, 1.807) is 7.11 Å². The van der Waals surface area contributed by atoms with E-state index in [4.69, 9.17) is 9.47 Å². The molecule has 3 nitrogen and oxygen atoms in total. The molecule has 1 rings (SSSR count). The molecule has 0 aromatic carbocycles. The van der Waals surface area contributed by atoms with E-state index in [0.717, 1.165) is 19.6 Å². The van der Waals surface area contributed by atoms with Crippen molar-refractivity contribution in [3.05, 3.63) is 0 Å². The van der Waals surface area contributed by atoms with Crippen LogP contribution in [0.15, 0.2) is 0 Å². The van der Waals surface area contributed by atoms with E-state index >= 15 is 0 Å². The van der Waals surface area contributed by atoms with Crippen molar-refractivity contribution in [3.63, 3.8) is 0 Å². The van der Waals surface area contributed by atoms with Gasteiger partial charge in [-0.15, -0.1) is 0 Å². The first-order valence-corrected chi connectivity index (χ1v) is 4.17. The fourth-order valence-corrected chi connectivity index (χ4v) is 1.32. The molecule has 1 heterocycles. The van der Waals surface area contributed by atoms with Gasteiger partial charge in [0.1, 0.15) is 0 Å². The summed E-state index contributed by atoms with van der Waals surface area (Å²) in [6.45, 7) is 4.59. The van der Waals surface area contributed by atoms with Gasteiger partial charge in [0.2, 0.25) is 0 Å². The van der Waals surface area contributed by atoms with Crippen molar-refractivity contribution in [3.8, 4) is 0 Å². The molecule has 0 bridgehead atoms. The zero-order chi connectivity index (χ0) is 8.10. The summed E-state index contributed by atoms with van der Waals surface area (Å²) in [4.78, 5) is 0. The molecule has 0 saturated carbocycles. The maximum atomic E-state index is 5.53. The number of methoxy groups -OCH3 is 1. The molecule has 66 valence electrons. The largest absolute Gasteiger partial charge is 0.382 e. The molecule has 2 atom stereocenters.